The fourth-order valence-corrected chi connectivity index (χ4v) is 2.05. The third-order valence-electron chi connectivity index (χ3n) is 2.06. The highest BCUT2D eigenvalue weighted by Gasteiger charge is 2.36. The first-order chi connectivity index (χ1) is 7.07. The minimum Gasteiger partial charge on any atom is -0.344 e. The number of rotatable bonds is 1. The van der Waals surface area contributed by atoms with Gasteiger partial charge in [0.25, 0.3) is 0 Å². The molecule has 1 aliphatic heterocycles. The number of hydrogen-bond donors (Lipinski definition) is 1. The molecule has 1 aromatic heterocycles. The Bertz CT molecular complexity index is 331. The molecule has 0 unspecified atom stereocenters. The van der Waals surface area contributed by atoms with E-state index < -0.39 is 12.0 Å². The van der Waals surface area contributed by atoms with Gasteiger partial charge in [-0.15, -0.1) is 0 Å². The molecule has 0 bridgehead atoms. The fraction of sp³-hybridized carbons (Fsp3) is 0.714. The molecule has 1 saturated heterocycles. The van der Waals surface area contributed by atoms with Gasteiger partial charge < -0.3 is 10.2 Å². The van der Waals surface area contributed by atoms with E-state index in [2.05, 4.69) is 14.7 Å². The van der Waals surface area contributed by atoms with Crippen molar-refractivity contribution in [2.24, 2.45) is 0 Å². The van der Waals surface area contributed by atoms with Gasteiger partial charge in [-0.3, -0.25) is 0 Å². The van der Waals surface area contributed by atoms with E-state index in [1.165, 1.54) is 0 Å². The van der Waals surface area contributed by atoms with E-state index in [-0.39, 0.29) is 0 Å². The van der Waals surface area contributed by atoms with Crippen LogP contribution < -0.4 is 10.2 Å². The summed E-state index contributed by atoms with van der Waals surface area (Å²) in [5.74, 6) is -1.04. The van der Waals surface area contributed by atoms with Crippen molar-refractivity contribution in [2.75, 3.05) is 31.1 Å². The molecule has 4 nitrogen and oxygen atoms in total. The average molecular weight is 238 g/mol. The number of nitrogens with one attached hydrogen (secondary N) is 1. The van der Waals surface area contributed by atoms with Crippen molar-refractivity contribution in [3.8, 4) is 0 Å². The van der Waals surface area contributed by atoms with Crippen LogP contribution in [-0.4, -0.2) is 35.5 Å². The van der Waals surface area contributed by atoms with Crippen molar-refractivity contribution >= 4 is 16.7 Å². The van der Waals surface area contributed by atoms with Crippen LogP contribution in [0.1, 0.15) is 5.82 Å². The minimum atomic E-state index is -4.44. The molecule has 0 aliphatic carbocycles. The van der Waals surface area contributed by atoms with Crippen molar-refractivity contribution in [3.05, 3.63) is 5.82 Å². The first-order valence-corrected chi connectivity index (χ1v) is 5.21. The van der Waals surface area contributed by atoms with Gasteiger partial charge in [-0.2, -0.15) is 22.5 Å². The predicted octanol–water partition coefficient (Wildman–Crippen LogP) is 0.966. The van der Waals surface area contributed by atoms with E-state index in [1.54, 1.807) is 0 Å². The van der Waals surface area contributed by atoms with E-state index in [0.717, 1.165) is 24.6 Å². The SMILES string of the molecule is FC(F)(F)c1nsc(N2CCNCC2)n1. The number of alkyl halides is 3. The smallest absolute Gasteiger partial charge is 0.344 e. The van der Waals surface area contributed by atoms with Gasteiger partial charge in [-0.25, -0.2) is 0 Å². The highest BCUT2D eigenvalue weighted by atomic mass is 32.1. The summed E-state index contributed by atoms with van der Waals surface area (Å²) in [4.78, 5) is 5.29. The van der Waals surface area contributed by atoms with Crippen LogP contribution in [0.2, 0.25) is 0 Å². The topological polar surface area (TPSA) is 41.1 Å². The molecule has 1 aliphatic rings. The lowest BCUT2D eigenvalue weighted by molar-refractivity contribution is -0.144. The van der Waals surface area contributed by atoms with Gasteiger partial charge in [0, 0.05) is 37.7 Å². The summed E-state index contributed by atoms with van der Waals surface area (Å²) in [6.45, 7) is 2.88. The first-order valence-electron chi connectivity index (χ1n) is 4.44. The zero-order valence-electron chi connectivity index (χ0n) is 7.71. The Kier molecular flexibility index (Phi) is 2.79. The molecular formula is C7H9F3N4S. The van der Waals surface area contributed by atoms with Crippen molar-refractivity contribution in [3.63, 3.8) is 0 Å². The molecular weight excluding hydrogens is 229 g/mol. The molecule has 2 rings (SSSR count). The maximum atomic E-state index is 12.2. The molecule has 1 aromatic rings. The molecule has 15 heavy (non-hydrogen) atoms. The normalized spacial score (nSPS) is 18.2. The van der Waals surface area contributed by atoms with Gasteiger partial charge in [0.1, 0.15) is 0 Å². The van der Waals surface area contributed by atoms with Crippen LogP contribution in [0.25, 0.3) is 0 Å². The predicted molar refractivity (Wildman–Crippen MR) is 50.0 cm³/mol. The summed E-state index contributed by atoms with van der Waals surface area (Å²) in [5, 5.41) is 3.46. The molecule has 1 N–H and O–H groups in total. The van der Waals surface area contributed by atoms with E-state index in [9.17, 15) is 13.2 Å². The number of anilines is 1. The van der Waals surface area contributed by atoms with Crippen molar-refractivity contribution in [1.29, 1.82) is 0 Å². The summed E-state index contributed by atoms with van der Waals surface area (Å²) < 4.78 is 40.0. The Morgan fingerprint density at radius 2 is 1.93 bits per heavy atom. The Hall–Kier alpha value is -0.890. The van der Waals surface area contributed by atoms with Crippen LogP contribution in [-0.2, 0) is 6.18 Å². The van der Waals surface area contributed by atoms with Gasteiger partial charge in [0.2, 0.25) is 11.0 Å². The summed E-state index contributed by atoms with van der Waals surface area (Å²) in [5.41, 5.74) is 0. The Labute approximate surface area is 88.3 Å². The van der Waals surface area contributed by atoms with Crippen molar-refractivity contribution < 1.29 is 13.2 Å². The zero-order valence-corrected chi connectivity index (χ0v) is 8.53. The lowest BCUT2D eigenvalue weighted by Gasteiger charge is -2.26. The zero-order chi connectivity index (χ0) is 10.9. The van der Waals surface area contributed by atoms with Gasteiger partial charge >= 0.3 is 6.18 Å². The van der Waals surface area contributed by atoms with Crippen LogP contribution in [0.15, 0.2) is 0 Å². The number of piperazine rings is 1. The Morgan fingerprint density at radius 1 is 1.27 bits per heavy atom. The first kappa shape index (κ1) is 10.6. The van der Waals surface area contributed by atoms with Crippen LogP contribution >= 0.6 is 11.5 Å². The summed E-state index contributed by atoms with van der Waals surface area (Å²) in [6.07, 6.45) is -4.44. The van der Waals surface area contributed by atoms with Crippen molar-refractivity contribution in [1.82, 2.24) is 14.7 Å². The molecule has 8 heteroatoms. The summed E-state index contributed by atoms with van der Waals surface area (Å²) >= 11 is 0.800. The molecule has 0 saturated carbocycles. The summed E-state index contributed by atoms with van der Waals surface area (Å²) in [6, 6.07) is 0. The molecule has 1 fully saturated rings. The highest BCUT2D eigenvalue weighted by molar-refractivity contribution is 7.09. The number of nitrogens with zero attached hydrogens (tertiary/aromatic N) is 3. The van der Waals surface area contributed by atoms with Crippen LogP contribution in [0.4, 0.5) is 18.3 Å². The second kappa shape index (κ2) is 3.93. The molecule has 0 aromatic carbocycles. The van der Waals surface area contributed by atoms with Crippen LogP contribution in [0.5, 0.6) is 0 Å². The van der Waals surface area contributed by atoms with Crippen LogP contribution in [0, 0.1) is 0 Å². The van der Waals surface area contributed by atoms with E-state index in [4.69, 9.17) is 0 Å². The van der Waals surface area contributed by atoms with Crippen molar-refractivity contribution in [2.45, 2.75) is 6.18 Å². The van der Waals surface area contributed by atoms with E-state index >= 15 is 0 Å². The molecule has 0 amide bonds. The van der Waals surface area contributed by atoms with Gasteiger partial charge in [0.15, 0.2) is 0 Å². The highest BCUT2D eigenvalue weighted by Crippen LogP contribution is 2.30. The number of halogens is 3. The van der Waals surface area contributed by atoms with Gasteiger partial charge in [-0.05, 0) is 0 Å². The monoisotopic (exact) mass is 238 g/mol. The lowest BCUT2D eigenvalue weighted by atomic mass is 10.4. The Morgan fingerprint density at radius 3 is 2.47 bits per heavy atom. The second-order valence-corrected chi connectivity index (χ2v) is 3.87. The quantitative estimate of drug-likeness (QED) is 0.791. The third-order valence-corrected chi connectivity index (χ3v) is 2.83. The fourth-order valence-electron chi connectivity index (χ4n) is 1.32. The molecule has 84 valence electrons. The van der Waals surface area contributed by atoms with Gasteiger partial charge in [0.05, 0.1) is 0 Å². The van der Waals surface area contributed by atoms with E-state index in [0.29, 0.717) is 18.2 Å². The average Bonchev–Trinajstić information content (AvgIpc) is 2.67. The lowest BCUT2D eigenvalue weighted by Crippen LogP contribution is -2.43. The molecule has 0 radical (unpaired) electrons. The molecule has 0 spiro atoms. The largest absolute Gasteiger partial charge is 0.452 e. The molecule has 2 heterocycles. The minimum absolute atomic E-state index is 0.351. The van der Waals surface area contributed by atoms with Crippen LogP contribution in [0.3, 0.4) is 0 Å². The third kappa shape index (κ3) is 2.37. The van der Waals surface area contributed by atoms with E-state index in [1.807, 2.05) is 4.90 Å². The standard InChI is InChI=1S/C7H9F3N4S/c8-7(9,10)5-12-6(15-13-5)14-3-1-11-2-4-14/h11H,1-4H2. The molecule has 0 atom stereocenters. The van der Waals surface area contributed by atoms with Gasteiger partial charge in [-0.1, -0.05) is 0 Å². The second-order valence-electron chi connectivity index (χ2n) is 3.14. The number of hydrogen-bond acceptors (Lipinski definition) is 5. The number of aromatic nitrogens is 2. The Balaban J connectivity index is 2.12. The maximum Gasteiger partial charge on any atom is 0.452 e. The maximum absolute atomic E-state index is 12.2. The summed E-state index contributed by atoms with van der Waals surface area (Å²) in [7, 11) is 0.